The third-order valence-corrected chi connectivity index (χ3v) is 22.1. The molecule has 0 radical (unpaired) electrons. The quantitative estimate of drug-likeness (QED) is 0.126. The molecule has 6 heteroatoms. The van der Waals surface area contributed by atoms with Crippen LogP contribution in [0.2, 0.25) is 0 Å². The molecule has 2 nitrogen and oxygen atoms in total. The molecule has 0 amide bonds. The van der Waals surface area contributed by atoms with Crippen molar-refractivity contribution in [3.63, 3.8) is 0 Å². The van der Waals surface area contributed by atoms with Crippen LogP contribution in [0.3, 0.4) is 0 Å². The molecule has 6 aliphatic rings. The van der Waals surface area contributed by atoms with Crippen molar-refractivity contribution < 1.29 is 13.5 Å². The Hall–Kier alpha value is -1.76. The van der Waals surface area contributed by atoms with Crippen LogP contribution in [0.15, 0.2) is 91.3 Å². The van der Waals surface area contributed by atoms with E-state index in [1.807, 2.05) is 24.3 Å². The van der Waals surface area contributed by atoms with Gasteiger partial charge in [-0.05, 0) is 125 Å². The topological polar surface area (TPSA) is 6.48 Å². The van der Waals surface area contributed by atoms with E-state index >= 15 is 0 Å². The predicted octanol–water partition coefficient (Wildman–Crippen LogP) is 16.8. The summed E-state index contributed by atoms with van der Waals surface area (Å²) in [6.45, 7) is 11.5. The van der Waals surface area contributed by atoms with E-state index in [0.717, 1.165) is 4.11 Å². The van der Waals surface area contributed by atoms with Crippen LogP contribution in [0.5, 0.6) is 0 Å². The van der Waals surface area contributed by atoms with Gasteiger partial charge < -0.3 is 9.80 Å². The fraction of sp³-hybridized carbons (Fsp3) is 0.556. The Kier molecular flexibility index (Phi) is 17.9. The first-order valence-electron chi connectivity index (χ1n) is 24.1. The van der Waals surface area contributed by atoms with E-state index in [-0.39, 0.29) is 7.92 Å². The Bertz CT molecular complexity index is 1810. The minimum atomic E-state index is -1.88. The van der Waals surface area contributed by atoms with Crippen LogP contribution in [-0.4, -0.2) is 32.0 Å². The fourth-order valence-corrected chi connectivity index (χ4v) is 19.1. The van der Waals surface area contributed by atoms with Crippen LogP contribution in [0.4, 0.5) is 5.69 Å². The van der Waals surface area contributed by atoms with Crippen molar-refractivity contribution in [1.29, 1.82) is 0 Å². The molecule has 4 saturated carbocycles. The second-order valence-corrected chi connectivity index (χ2v) is 28.4. The summed E-state index contributed by atoms with van der Waals surface area (Å²) >= 11 is -1.88. The van der Waals surface area contributed by atoms with Crippen molar-refractivity contribution in [3.05, 3.63) is 126 Å². The van der Waals surface area contributed by atoms with Crippen LogP contribution >= 0.6 is 27.3 Å². The number of fused-ring (bicyclic) bond motifs is 1. The third-order valence-electron chi connectivity index (χ3n) is 14.4. The zero-order valence-corrected chi connectivity index (χ0v) is 41.6. The van der Waals surface area contributed by atoms with Crippen LogP contribution in [0.1, 0.15) is 196 Å². The zero-order valence-electron chi connectivity index (χ0n) is 37.3. The van der Waals surface area contributed by atoms with Crippen molar-refractivity contribution in [2.45, 2.75) is 191 Å². The molecule has 1 heterocycles. The fourth-order valence-electron chi connectivity index (χ4n) is 11.4. The third kappa shape index (κ3) is 11.9. The normalized spacial score (nSPS) is 20.9. The molecule has 3 aromatic carbocycles. The number of para-hydroxylation sites is 1. The van der Waals surface area contributed by atoms with Gasteiger partial charge in [-0.15, -0.1) is 0 Å². The molecule has 5 aliphatic carbocycles. The molecule has 0 spiro atoms. The summed E-state index contributed by atoms with van der Waals surface area (Å²) in [5, 5.41) is 0. The van der Waals surface area contributed by atoms with E-state index in [0.29, 0.717) is 17.9 Å². The van der Waals surface area contributed by atoms with Gasteiger partial charge in [0.15, 0.2) is 0 Å². The number of hydrogen-bond acceptors (Lipinski definition) is 2. The van der Waals surface area contributed by atoms with Crippen molar-refractivity contribution in [1.82, 2.24) is 4.90 Å². The monoisotopic (exact) mass is 954 g/mol. The van der Waals surface area contributed by atoms with Gasteiger partial charge in [-0.3, -0.25) is 0 Å². The Morgan fingerprint density at radius 3 is 1.50 bits per heavy atom. The first-order valence-corrected chi connectivity index (χ1v) is 31.2. The summed E-state index contributed by atoms with van der Waals surface area (Å²) in [6.07, 6.45) is 37.3. The number of allylic oxidation sites excluding steroid dienone is 1. The number of anilines is 1. The molecule has 0 atom stereocenters. The number of rotatable bonds is 8. The molecule has 9 rings (SSSR count). The molecule has 1 aliphatic heterocycles. The second kappa shape index (κ2) is 23.3. The van der Waals surface area contributed by atoms with Crippen molar-refractivity contribution >= 4 is 42.7 Å². The predicted molar refractivity (Wildman–Crippen MR) is 264 cm³/mol. The standard InChI is InChI=1S/C21H31N2.C18H33P.C15H10.2ClH.Ru/c1-16(2)19-11-8-12-20(17(3)4)21(19)23-14-13-22(15-23)18-9-6-5-7-10-18;1-4-10-16(11-5-1)19(17-12-6-2-7-13-17)18-14-8-3-9-15-18;1-2-6-12(7-3-1)15-11-10-13-8-4-5-9-14(13)15;;;/h8,11-18H,5-7,9-10H2,1-4H3;16-18H,1-15H2;1-9,11H;2*1H;/q-1;;;;;+2/p-1. The first-order chi connectivity index (χ1) is 29.3. The average Bonchev–Trinajstić information content (AvgIpc) is 3.95. The van der Waals surface area contributed by atoms with E-state index < -0.39 is 13.5 Å². The number of hydrogen-bond donors (Lipinski definition) is 0. The maximum atomic E-state index is 6.19. The summed E-state index contributed by atoms with van der Waals surface area (Å²) in [5.41, 5.74) is 12.8. The van der Waals surface area contributed by atoms with Gasteiger partial charge in [-0.1, -0.05) is 84.4 Å². The molecule has 0 unspecified atom stereocenters. The summed E-state index contributed by atoms with van der Waals surface area (Å²) in [5.74, 6) is 1.07. The Labute approximate surface area is 380 Å². The summed E-state index contributed by atoms with van der Waals surface area (Å²) in [6, 6.07) is 26.2. The molecule has 60 heavy (non-hydrogen) atoms. The van der Waals surface area contributed by atoms with Crippen molar-refractivity contribution in [2.24, 2.45) is 0 Å². The number of nitrogens with zero attached hydrogens (tertiary/aromatic N) is 2. The molecular weight excluding hydrogens is 880 g/mol. The Balaban J connectivity index is 0.000000137. The molecule has 4 fully saturated rings. The van der Waals surface area contributed by atoms with Gasteiger partial charge in [0, 0.05) is 19.7 Å². The number of benzene rings is 3. The van der Waals surface area contributed by atoms with Gasteiger partial charge >= 0.3 is 120 Å². The molecule has 0 saturated heterocycles. The van der Waals surface area contributed by atoms with E-state index in [1.165, 1.54) is 88.2 Å². The van der Waals surface area contributed by atoms with Crippen LogP contribution in [0.25, 0.3) is 5.57 Å². The van der Waals surface area contributed by atoms with Gasteiger partial charge in [0.25, 0.3) is 0 Å². The SMILES string of the molecule is C1CCC([PH+](C2CCCCC2)C2CCCCC2)CC1.CC(C)c1cccc(C(C)C)c1N1C=CN(C2CCCCC2)[CH-]1.[Cl][Ru]([Cl])=[C]1C=C(c2ccccc2)c2ccccc21. The molecule has 0 bridgehead atoms. The van der Waals surface area contributed by atoms with E-state index in [9.17, 15) is 0 Å². The molecule has 3 aromatic rings. The summed E-state index contributed by atoms with van der Waals surface area (Å²) < 4.78 is 1.12. The Morgan fingerprint density at radius 2 is 1.02 bits per heavy atom. The van der Waals surface area contributed by atoms with Crippen LogP contribution in [0, 0.1) is 6.67 Å². The van der Waals surface area contributed by atoms with Gasteiger partial charge in [-0.2, -0.15) is 6.67 Å². The van der Waals surface area contributed by atoms with Crippen molar-refractivity contribution in [3.8, 4) is 0 Å². The van der Waals surface area contributed by atoms with Gasteiger partial charge in [0.1, 0.15) is 0 Å². The molecule has 0 N–H and O–H groups in total. The minimum absolute atomic E-state index is 0.0465. The second-order valence-electron chi connectivity index (χ2n) is 19.1. The van der Waals surface area contributed by atoms with E-state index in [4.69, 9.17) is 19.4 Å². The van der Waals surface area contributed by atoms with Gasteiger partial charge in [-0.25, -0.2) is 0 Å². The Morgan fingerprint density at radius 1 is 0.550 bits per heavy atom. The maximum absolute atomic E-state index is 6.19. The average molecular weight is 955 g/mol. The molecule has 328 valence electrons. The van der Waals surface area contributed by atoms with E-state index in [1.54, 1.807) is 96.3 Å². The van der Waals surface area contributed by atoms with Gasteiger partial charge in [0.05, 0.1) is 17.0 Å². The molecular formula is C54H75Cl2N2PRu. The first kappa shape index (κ1) is 46.2. The van der Waals surface area contributed by atoms with Crippen LogP contribution in [-0.2, 0) is 13.5 Å². The summed E-state index contributed by atoms with van der Waals surface area (Å²) in [4.78, 5) is 4.81. The number of halogens is 2. The van der Waals surface area contributed by atoms with Gasteiger partial charge in [0.2, 0.25) is 0 Å². The van der Waals surface area contributed by atoms with Crippen molar-refractivity contribution in [2.75, 3.05) is 4.90 Å². The summed E-state index contributed by atoms with van der Waals surface area (Å²) in [7, 11) is 12.3. The molecule has 0 aromatic heterocycles. The zero-order chi connectivity index (χ0) is 41.8. The van der Waals surface area contributed by atoms with E-state index in [2.05, 4.69) is 111 Å². The van der Waals surface area contributed by atoms with Crippen LogP contribution < -0.4 is 4.90 Å².